The van der Waals surface area contributed by atoms with Gasteiger partial charge in [0.15, 0.2) is 0 Å². The number of sulfonamides is 2. The van der Waals surface area contributed by atoms with Crippen LogP contribution < -0.4 is 14.9 Å². The topological polar surface area (TPSA) is 199 Å². The van der Waals surface area contributed by atoms with Gasteiger partial charge in [-0.3, -0.25) is 9.69 Å². The van der Waals surface area contributed by atoms with Gasteiger partial charge in [0.2, 0.25) is 10.0 Å². The van der Waals surface area contributed by atoms with Crippen LogP contribution in [0.1, 0.15) is 88.6 Å². The van der Waals surface area contributed by atoms with E-state index in [1.807, 2.05) is 68.0 Å². The first-order valence-corrected chi connectivity index (χ1v) is 36.0. The van der Waals surface area contributed by atoms with Crippen LogP contribution in [-0.4, -0.2) is 201 Å². The van der Waals surface area contributed by atoms with Crippen molar-refractivity contribution in [2.75, 3.05) is 127 Å². The smallest absolute Gasteiger partial charge is 0.444 e. The molecule has 2 atom stereocenters. The minimum atomic E-state index is -6.10. The average molecular weight is 1320 g/mol. The molecule has 4 heterocycles. The molecule has 4 aromatic rings. The molecule has 2 unspecified atom stereocenters. The summed E-state index contributed by atoms with van der Waals surface area (Å²) >= 11 is 7.79. The molecular weight excluding hydrogens is 1240 g/mol. The van der Waals surface area contributed by atoms with Crippen LogP contribution in [0.25, 0.3) is 5.57 Å². The molecule has 4 aromatic carbocycles. The van der Waals surface area contributed by atoms with E-state index in [0.29, 0.717) is 115 Å². The molecule has 0 saturated carbocycles. The van der Waals surface area contributed by atoms with Gasteiger partial charge in [0.05, 0.1) is 22.4 Å². The predicted molar refractivity (Wildman–Crippen MR) is 339 cm³/mol. The molecule has 0 aromatic heterocycles. The Morgan fingerprint density at radius 1 is 0.784 bits per heavy atom. The van der Waals surface area contributed by atoms with Crippen LogP contribution in [0, 0.1) is 5.41 Å². The standard InChI is InChI=1S/C62H82ClF3N8O10S4/c1-60(2,3)84-59(76)73-28-23-53(24-29-73)88(81,82)74-36-32-71(33-37-74)45-61(4)25-21-55(46-11-15-49(63)16-12-46)48(42-61)43-70-30-34-72(35-31-70)51-17-13-47(14-18-51)58(75)68-87(79,80)54-19-20-56(57(41-54)86(77,78)62(64,65)66)67-50(44-85-52-9-6-5-7-10-52)22-27-69-26-8-39-83-40-38-69/h5-7,9-20,41,50,53,67H,8,21-40,42-45H2,1-4H3,(H,68,75). The molecule has 0 radical (unpaired) electrons. The number of halogens is 4. The summed E-state index contributed by atoms with van der Waals surface area (Å²) in [6.45, 7) is 18.0. The molecule has 4 fully saturated rings. The molecule has 2 amide bonds. The largest absolute Gasteiger partial charge is 0.501 e. The zero-order chi connectivity index (χ0) is 63.1. The minimum Gasteiger partial charge on any atom is -0.444 e. The van der Waals surface area contributed by atoms with E-state index in [4.69, 9.17) is 21.1 Å². The normalized spacial score (nSPS) is 21.0. The van der Waals surface area contributed by atoms with Crippen molar-refractivity contribution in [3.8, 4) is 0 Å². The van der Waals surface area contributed by atoms with Gasteiger partial charge >= 0.3 is 11.6 Å². The molecule has 4 aliphatic heterocycles. The number of piperazine rings is 2. The van der Waals surface area contributed by atoms with Gasteiger partial charge in [0, 0.05) is 138 Å². The number of nitrogens with one attached hydrogen (secondary N) is 2. The van der Waals surface area contributed by atoms with Gasteiger partial charge in [-0.05, 0) is 149 Å². The van der Waals surface area contributed by atoms with Gasteiger partial charge in [-0.2, -0.15) is 17.5 Å². The summed E-state index contributed by atoms with van der Waals surface area (Å²) in [5.74, 6) is -0.706. The van der Waals surface area contributed by atoms with E-state index in [2.05, 4.69) is 44.0 Å². The first-order chi connectivity index (χ1) is 41.6. The Bertz CT molecular complexity index is 3420. The number of ether oxygens (including phenoxy) is 2. The van der Waals surface area contributed by atoms with E-state index in [0.717, 1.165) is 86.7 Å². The van der Waals surface area contributed by atoms with E-state index in [1.165, 1.54) is 35.0 Å². The number of hydrogen-bond donors (Lipinski definition) is 2. The van der Waals surface area contributed by atoms with Crippen molar-refractivity contribution in [2.45, 2.75) is 110 Å². The number of carbonyl (C=O) groups is 2. The van der Waals surface area contributed by atoms with Gasteiger partial charge in [-0.25, -0.2) is 34.8 Å². The molecule has 4 saturated heterocycles. The fraction of sp³-hybridized carbons (Fsp3) is 0.548. The van der Waals surface area contributed by atoms with Crippen molar-refractivity contribution >= 4 is 82.2 Å². The van der Waals surface area contributed by atoms with E-state index in [1.54, 1.807) is 21.3 Å². The van der Waals surface area contributed by atoms with Gasteiger partial charge in [-0.15, -0.1) is 11.8 Å². The maximum Gasteiger partial charge on any atom is 0.501 e. The molecule has 18 nitrogen and oxygen atoms in total. The lowest BCUT2D eigenvalue weighted by molar-refractivity contribution is -0.0436. The Balaban J connectivity index is 0.806. The van der Waals surface area contributed by atoms with Crippen LogP contribution in [-0.2, 0) is 39.4 Å². The number of nitrogens with zero attached hydrogens (tertiary/aromatic N) is 6. The number of benzene rings is 4. The lowest BCUT2D eigenvalue weighted by Gasteiger charge is -2.44. The number of sulfone groups is 1. The second-order valence-electron chi connectivity index (χ2n) is 24.9. The van der Waals surface area contributed by atoms with Gasteiger partial charge in [-0.1, -0.05) is 54.4 Å². The average Bonchev–Trinajstić information content (AvgIpc) is 3.37. The highest BCUT2D eigenvalue weighted by molar-refractivity contribution is 7.99. The van der Waals surface area contributed by atoms with Gasteiger partial charge in [0.25, 0.3) is 25.8 Å². The van der Waals surface area contributed by atoms with Crippen molar-refractivity contribution in [1.29, 1.82) is 0 Å². The summed E-state index contributed by atoms with van der Waals surface area (Å²) in [5, 5.41) is 3.14. The van der Waals surface area contributed by atoms with Crippen molar-refractivity contribution in [1.82, 2.24) is 28.6 Å². The molecule has 0 bridgehead atoms. The molecule has 9 rings (SSSR count). The number of anilines is 2. The third-order valence-corrected chi connectivity index (χ3v) is 23.8. The predicted octanol–water partition coefficient (Wildman–Crippen LogP) is 9.55. The van der Waals surface area contributed by atoms with Crippen LogP contribution in [0.3, 0.4) is 0 Å². The second kappa shape index (κ2) is 28.7. The molecule has 2 N–H and O–H groups in total. The molecule has 5 aliphatic rings. The van der Waals surface area contributed by atoms with Crippen LogP contribution in [0.2, 0.25) is 5.02 Å². The SMILES string of the molecule is CC1(CN2CCN(S(=O)(=O)C3CCN(C(=O)OC(C)(C)C)CC3)CC2)CCC(c2ccc(Cl)cc2)=C(CN2CCN(c3ccc(C(=O)NS(=O)(=O)c4ccc(NC(CCN5CCCOCC5)CSc5ccccc5)c(S(=O)(=O)C(F)(F)F)c4)cc3)CC2)C1. The van der Waals surface area contributed by atoms with E-state index in [-0.39, 0.29) is 11.0 Å². The molecule has 26 heteroatoms. The summed E-state index contributed by atoms with van der Waals surface area (Å²) in [5.41, 5.74) is -2.32. The highest BCUT2D eigenvalue weighted by Crippen LogP contribution is 2.44. The zero-order valence-corrected chi connectivity index (χ0v) is 54.5. The van der Waals surface area contributed by atoms with E-state index >= 15 is 0 Å². The number of rotatable bonds is 20. The Morgan fingerprint density at radius 3 is 2.11 bits per heavy atom. The number of carbonyl (C=O) groups excluding carboxylic acids is 2. The lowest BCUT2D eigenvalue weighted by atomic mass is 9.71. The first kappa shape index (κ1) is 67.4. The monoisotopic (exact) mass is 1320 g/mol. The number of likely N-dealkylation sites (tertiary alicyclic amines) is 1. The summed E-state index contributed by atoms with van der Waals surface area (Å²) in [6.07, 6.45) is 4.27. The van der Waals surface area contributed by atoms with E-state index in [9.17, 15) is 48.0 Å². The highest BCUT2D eigenvalue weighted by atomic mass is 35.5. The summed E-state index contributed by atoms with van der Waals surface area (Å²) < 4.78 is 140. The maximum atomic E-state index is 14.4. The molecule has 88 heavy (non-hydrogen) atoms. The number of thioether (sulfide) groups is 1. The molecule has 0 spiro atoms. The van der Waals surface area contributed by atoms with Gasteiger partial charge < -0.3 is 34.4 Å². The number of allylic oxidation sites excluding steroid dienone is 1. The second-order valence-corrected chi connectivity index (χ2v) is 32.2. The Hall–Kier alpha value is -4.96. The zero-order valence-electron chi connectivity index (χ0n) is 50.5. The highest BCUT2D eigenvalue weighted by Gasteiger charge is 2.49. The number of piperidine rings is 1. The maximum absolute atomic E-state index is 14.4. The van der Waals surface area contributed by atoms with Crippen molar-refractivity contribution in [2.24, 2.45) is 5.41 Å². The fourth-order valence-electron chi connectivity index (χ4n) is 12.3. The summed E-state index contributed by atoms with van der Waals surface area (Å²) in [4.78, 5) is 35.8. The molecule has 1 aliphatic carbocycles. The van der Waals surface area contributed by atoms with E-state index < -0.39 is 79.8 Å². The van der Waals surface area contributed by atoms with Crippen molar-refractivity contribution < 1.29 is 57.5 Å². The molecular formula is C62H82ClF3N8O10S4. The Kier molecular flexibility index (Phi) is 22.0. The van der Waals surface area contributed by atoms with Crippen molar-refractivity contribution in [3.63, 3.8) is 0 Å². The van der Waals surface area contributed by atoms with Crippen LogP contribution in [0.5, 0.6) is 0 Å². The number of alkyl halides is 3. The number of hydrogen-bond acceptors (Lipinski definition) is 16. The third-order valence-electron chi connectivity index (χ3n) is 17.1. The van der Waals surface area contributed by atoms with Crippen LogP contribution in [0.15, 0.2) is 117 Å². The number of amides is 2. The summed E-state index contributed by atoms with van der Waals surface area (Å²) in [7, 11) is -14.6. The molecule has 482 valence electrons. The Labute approximate surface area is 526 Å². The van der Waals surface area contributed by atoms with Crippen LogP contribution in [0.4, 0.5) is 29.3 Å². The first-order valence-electron chi connectivity index (χ1n) is 30.2. The van der Waals surface area contributed by atoms with Crippen molar-refractivity contribution in [3.05, 3.63) is 119 Å². The Morgan fingerprint density at radius 2 is 1.45 bits per heavy atom. The third kappa shape index (κ3) is 17.5. The van der Waals surface area contributed by atoms with Gasteiger partial charge in [0.1, 0.15) is 10.5 Å². The quantitative estimate of drug-likeness (QED) is 0.0793. The van der Waals surface area contributed by atoms with Crippen LogP contribution >= 0.6 is 23.4 Å². The minimum absolute atomic E-state index is 0.0370. The summed E-state index contributed by atoms with van der Waals surface area (Å²) in [6, 6.07) is 25.6. The fourth-order valence-corrected chi connectivity index (χ4v) is 17.3. The lowest BCUT2D eigenvalue weighted by Crippen LogP contribution is -2.54.